The van der Waals surface area contributed by atoms with Gasteiger partial charge in [-0.05, 0) is 29.2 Å². The molecule has 0 N–H and O–H groups in total. The molecule has 0 aromatic heterocycles. The van der Waals surface area contributed by atoms with Crippen LogP contribution in [-0.4, -0.2) is 13.1 Å². The lowest BCUT2D eigenvalue weighted by atomic mass is 10.0. The van der Waals surface area contributed by atoms with E-state index in [9.17, 15) is 4.79 Å². The topological polar surface area (TPSA) is 26.3 Å². The fourth-order valence-electron chi connectivity index (χ4n) is 1.89. The Morgan fingerprint density at radius 3 is 2.42 bits per heavy atom. The summed E-state index contributed by atoms with van der Waals surface area (Å²) in [5, 5.41) is 0. The zero-order chi connectivity index (χ0) is 13.7. The molecule has 0 atom stereocenters. The molecule has 0 amide bonds. The number of ether oxygens (including phenoxy) is 1. The maximum Gasteiger partial charge on any atom is 0.305 e. The number of halogens is 1. The molecule has 0 heterocycles. The highest BCUT2D eigenvalue weighted by atomic mass is 79.9. The number of carbonyl (C=O) groups excluding carboxylic acids is 1. The highest BCUT2D eigenvalue weighted by Gasteiger charge is 2.04. The van der Waals surface area contributed by atoms with Gasteiger partial charge in [0.15, 0.2) is 0 Å². The first-order valence-electron chi connectivity index (χ1n) is 6.11. The second-order valence-electron chi connectivity index (χ2n) is 4.25. The Hall–Kier alpha value is -1.61. The Morgan fingerprint density at radius 1 is 1.11 bits per heavy atom. The third-order valence-electron chi connectivity index (χ3n) is 2.98. The van der Waals surface area contributed by atoms with Gasteiger partial charge in [-0.3, -0.25) is 4.79 Å². The molecule has 0 aliphatic rings. The molecule has 0 radical (unpaired) electrons. The largest absolute Gasteiger partial charge is 0.469 e. The van der Waals surface area contributed by atoms with Crippen molar-refractivity contribution in [2.45, 2.75) is 12.8 Å². The van der Waals surface area contributed by atoms with Gasteiger partial charge in [-0.1, -0.05) is 58.4 Å². The average molecular weight is 319 g/mol. The van der Waals surface area contributed by atoms with Crippen molar-refractivity contribution in [3.05, 3.63) is 58.6 Å². The third kappa shape index (κ3) is 3.67. The summed E-state index contributed by atoms with van der Waals surface area (Å²) >= 11 is 3.55. The summed E-state index contributed by atoms with van der Waals surface area (Å²) in [5.74, 6) is -0.171. The van der Waals surface area contributed by atoms with E-state index in [2.05, 4.69) is 51.0 Å². The van der Waals surface area contributed by atoms with E-state index in [0.29, 0.717) is 12.8 Å². The molecule has 0 aliphatic carbocycles. The molecule has 0 saturated carbocycles. The van der Waals surface area contributed by atoms with Crippen molar-refractivity contribution in [2.24, 2.45) is 0 Å². The number of aryl methyl sites for hydroxylation is 1. The van der Waals surface area contributed by atoms with Crippen LogP contribution in [0.2, 0.25) is 0 Å². The van der Waals surface area contributed by atoms with Crippen LogP contribution in [-0.2, 0) is 16.0 Å². The summed E-state index contributed by atoms with van der Waals surface area (Å²) in [7, 11) is 1.42. The first kappa shape index (κ1) is 13.8. The predicted molar refractivity (Wildman–Crippen MR) is 79.9 cm³/mol. The Balaban J connectivity index is 2.11. The van der Waals surface area contributed by atoms with Gasteiger partial charge >= 0.3 is 5.97 Å². The first-order chi connectivity index (χ1) is 9.20. The van der Waals surface area contributed by atoms with Crippen LogP contribution < -0.4 is 0 Å². The van der Waals surface area contributed by atoms with Gasteiger partial charge in [0.1, 0.15) is 0 Å². The SMILES string of the molecule is COC(=O)CCc1ccc(-c2ccccc2Br)cc1. The van der Waals surface area contributed by atoms with E-state index in [1.807, 2.05) is 18.2 Å². The van der Waals surface area contributed by atoms with Gasteiger partial charge in [0, 0.05) is 10.9 Å². The fourth-order valence-corrected chi connectivity index (χ4v) is 2.41. The molecular formula is C16H15BrO2. The van der Waals surface area contributed by atoms with E-state index in [4.69, 9.17) is 0 Å². The molecule has 0 fully saturated rings. The van der Waals surface area contributed by atoms with Crippen LogP contribution in [0.15, 0.2) is 53.0 Å². The van der Waals surface area contributed by atoms with Crippen LogP contribution in [0, 0.1) is 0 Å². The summed E-state index contributed by atoms with van der Waals surface area (Å²) < 4.78 is 5.72. The maximum absolute atomic E-state index is 11.1. The quantitative estimate of drug-likeness (QED) is 0.789. The van der Waals surface area contributed by atoms with Crippen LogP contribution in [0.1, 0.15) is 12.0 Å². The normalized spacial score (nSPS) is 10.2. The molecule has 2 rings (SSSR count). The molecule has 0 spiro atoms. The zero-order valence-electron chi connectivity index (χ0n) is 10.7. The molecule has 98 valence electrons. The van der Waals surface area contributed by atoms with Crippen molar-refractivity contribution in [3.63, 3.8) is 0 Å². The highest BCUT2D eigenvalue weighted by Crippen LogP contribution is 2.28. The second-order valence-corrected chi connectivity index (χ2v) is 5.11. The number of methoxy groups -OCH3 is 1. The lowest BCUT2D eigenvalue weighted by Gasteiger charge is -2.06. The van der Waals surface area contributed by atoms with Crippen LogP contribution >= 0.6 is 15.9 Å². The molecule has 19 heavy (non-hydrogen) atoms. The minimum absolute atomic E-state index is 0.171. The number of carbonyl (C=O) groups is 1. The summed E-state index contributed by atoms with van der Waals surface area (Å²) in [4.78, 5) is 11.1. The molecule has 0 unspecified atom stereocenters. The van der Waals surface area contributed by atoms with E-state index in [-0.39, 0.29) is 5.97 Å². The highest BCUT2D eigenvalue weighted by molar-refractivity contribution is 9.10. The van der Waals surface area contributed by atoms with Crippen LogP contribution in [0.4, 0.5) is 0 Å². The molecule has 0 bridgehead atoms. The van der Waals surface area contributed by atoms with Gasteiger partial charge in [0.05, 0.1) is 7.11 Å². The van der Waals surface area contributed by atoms with E-state index in [0.717, 1.165) is 15.6 Å². The fraction of sp³-hybridized carbons (Fsp3) is 0.188. The Morgan fingerprint density at radius 2 is 1.79 bits per heavy atom. The van der Waals surface area contributed by atoms with E-state index in [1.54, 1.807) is 0 Å². The molecule has 3 heteroatoms. The standard InChI is InChI=1S/C16H15BrO2/c1-19-16(18)11-8-12-6-9-13(10-7-12)14-4-2-3-5-15(14)17/h2-7,9-10H,8,11H2,1H3. The Kier molecular flexibility index (Phi) is 4.74. The van der Waals surface area contributed by atoms with Gasteiger partial charge in [-0.15, -0.1) is 0 Å². The predicted octanol–water partition coefficient (Wildman–Crippen LogP) is 4.22. The van der Waals surface area contributed by atoms with Crippen LogP contribution in [0.3, 0.4) is 0 Å². The summed E-state index contributed by atoms with van der Waals surface area (Å²) in [6.07, 6.45) is 1.13. The van der Waals surface area contributed by atoms with Gasteiger partial charge in [0.2, 0.25) is 0 Å². The lowest BCUT2D eigenvalue weighted by molar-refractivity contribution is -0.140. The lowest BCUT2D eigenvalue weighted by Crippen LogP contribution is -2.01. The second kappa shape index (κ2) is 6.53. The minimum Gasteiger partial charge on any atom is -0.469 e. The first-order valence-corrected chi connectivity index (χ1v) is 6.90. The molecule has 0 aliphatic heterocycles. The van der Waals surface area contributed by atoms with E-state index in [1.165, 1.54) is 12.7 Å². The van der Waals surface area contributed by atoms with Crippen molar-refractivity contribution in [3.8, 4) is 11.1 Å². The average Bonchev–Trinajstić information content (AvgIpc) is 2.46. The summed E-state index contributed by atoms with van der Waals surface area (Å²) in [6.45, 7) is 0. The smallest absolute Gasteiger partial charge is 0.305 e. The summed E-state index contributed by atoms with van der Waals surface area (Å²) in [6, 6.07) is 16.4. The molecule has 2 aromatic carbocycles. The van der Waals surface area contributed by atoms with E-state index >= 15 is 0 Å². The number of hydrogen-bond acceptors (Lipinski definition) is 2. The van der Waals surface area contributed by atoms with Crippen LogP contribution in [0.25, 0.3) is 11.1 Å². The summed E-state index contributed by atoms with van der Waals surface area (Å²) in [5.41, 5.74) is 3.47. The monoisotopic (exact) mass is 318 g/mol. The minimum atomic E-state index is -0.171. The van der Waals surface area contributed by atoms with Crippen molar-refractivity contribution in [2.75, 3.05) is 7.11 Å². The van der Waals surface area contributed by atoms with E-state index < -0.39 is 0 Å². The Bertz CT molecular complexity index is 561. The van der Waals surface area contributed by atoms with Crippen LogP contribution in [0.5, 0.6) is 0 Å². The van der Waals surface area contributed by atoms with Gasteiger partial charge in [0.25, 0.3) is 0 Å². The van der Waals surface area contributed by atoms with Crippen molar-refractivity contribution in [1.82, 2.24) is 0 Å². The zero-order valence-corrected chi connectivity index (χ0v) is 12.3. The maximum atomic E-state index is 11.1. The third-order valence-corrected chi connectivity index (χ3v) is 3.68. The number of esters is 1. The van der Waals surface area contributed by atoms with Gasteiger partial charge in [-0.25, -0.2) is 0 Å². The van der Waals surface area contributed by atoms with Crippen molar-refractivity contribution >= 4 is 21.9 Å². The van der Waals surface area contributed by atoms with Crippen molar-refractivity contribution < 1.29 is 9.53 Å². The number of hydrogen-bond donors (Lipinski definition) is 0. The molecule has 2 aromatic rings. The molecule has 2 nitrogen and oxygen atoms in total. The van der Waals surface area contributed by atoms with Gasteiger partial charge in [-0.2, -0.15) is 0 Å². The molecule has 0 saturated heterocycles. The van der Waals surface area contributed by atoms with Crippen molar-refractivity contribution in [1.29, 1.82) is 0 Å². The molecular weight excluding hydrogens is 304 g/mol. The number of benzene rings is 2. The van der Waals surface area contributed by atoms with Gasteiger partial charge < -0.3 is 4.74 Å². The number of rotatable bonds is 4. The Labute approximate surface area is 121 Å².